The van der Waals surface area contributed by atoms with Crippen LogP contribution >= 0.6 is 11.9 Å². The van der Waals surface area contributed by atoms with Crippen LogP contribution in [0, 0.1) is 5.82 Å². The summed E-state index contributed by atoms with van der Waals surface area (Å²) in [5.41, 5.74) is 1.13. The molecule has 1 nitrogen and oxygen atoms in total. The van der Waals surface area contributed by atoms with Crippen molar-refractivity contribution < 1.29 is 4.39 Å². The van der Waals surface area contributed by atoms with Gasteiger partial charge in [-0.25, -0.2) is 4.39 Å². The summed E-state index contributed by atoms with van der Waals surface area (Å²) in [5, 5.41) is 0. The van der Waals surface area contributed by atoms with Crippen molar-refractivity contribution in [3.8, 4) is 0 Å². The van der Waals surface area contributed by atoms with Crippen LogP contribution in [0.1, 0.15) is 57.6 Å². The largest absolute Gasteiger partial charge is 0.257 e. The average Bonchev–Trinajstić information content (AvgIpc) is 2.38. The molecular weight excluding hydrogens is 245 g/mol. The van der Waals surface area contributed by atoms with Crippen LogP contribution in [0.3, 0.4) is 0 Å². The van der Waals surface area contributed by atoms with E-state index in [-0.39, 0.29) is 11.9 Å². The van der Waals surface area contributed by atoms with E-state index in [0.717, 1.165) is 11.3 Å². The molecule has 0 saturated heterocycles. The summed E-state index contributed by atoms with van der Waals surface area (Å²) in [6.45, 7) is 4.35. The van der Waals surface area contributed by atoms with Crippen LogP contribution in [-0.4, -0.2) is 5.75 Å². The van der Waals surface area contributed by atoms with E-state index in [1.54, 1.807) is 11.9 Å². The Kier molecular flexibility index (Phi) is 8.10. The van der Waals surface area contributed by atoms with Crippen LogP contribution in [0.25, 0.3) is 0 Å². The fraction of sp³-hybridized carbons (Fsp3) is 0.600. The molecule has 0 aromatic heterocycles. The van der Waals surface area contributed by atoms with Crippen molar-refractivity contribution in [1.29, 1.82) is 0 Å². The van der Waals surface area contributed by atoms with Gasteiger partial charge in [0.1, 0.15) is 5.82 Å². The summed E-state index contributed by atoms with van der Waals surface area (Å²) < 4.78 is 16.2. The van der Waals surface area contributed by atoms with Crippen LogP contribution < -0.4 is 4.72 Å². The van der Waals surface area contributed by atoms with E-state index < -0.39 is 0 Å². The zero-order valence-corrected chi connectivity index (χ0v) is 12.2. The molecule has 3 heteroatoms. The molecule has 0 amide bonds. The van der Waals surface area contributed by atoms with Gasteiger partial charge in [0.05, 0.1) is 0 Å². The number of rotatable bonds is 9. The van der Waals surface area contributed by atoms with Gasteiger partial charge in [-0.2, -0.15) is 0 Å². The fourth-order valence-corrected chi connectivity index (χ4v) is 2.63. The quantitative estimate of drug-likeness (QED) is 0.495. The first kappa shape index (κ1) is 15.5. The van der Waals surface area contributed by atoms with E-state index >= 15 is 0 Å². The Morgan fingerprint density at radius 3 is 2.44 bits per heavy atom. The minimum atomic E-state index is -0.172. The highest BCUT2D eigenvalue weighted by Gasteiger charge is 2.04. The molecule has 1 aromatic carbocycles. The molecule has 0 heterocycles. The second kappa shape index (κ2) is 9.40. The maximum Gasteiger partial charge on any atom is 0.123 e. The Morgan fingerprint density at radius 2 is 1.78 bits per heavy atom. The number of halogens is 1. The van der Waals surface area contributed by atoms with Gasteiger partial charge in [0.2, 0.25) is 0 Å². The summed E-state index contributed by atoms with van der Waals surface area (Å²) in [4.78, 5) is 0. The first-order chi connectivity index (χ1) is 8.74. The Bertz CT molecular complexity index is 313. The monoisotopic (exact) mass is 269 g/mol. The number of unbranched alkanes of at least 4 members (excludes halogenated alkanes) is 4. The van der Waals surface area contributed by atoms with Gasteiger partial charge >= 0.3 is 0 Å². The molecule has 0 aliphatic rings. The molecule has 0 aliphatic carbocycles. The van der Waals surface area contributed by atoms with Crippen LogP contribution in [0.15, 0.2) is 24.3 Å². The molecule has 0 fully saturated rings. The molecular formula is C15H24FNS. The lowest BCUT2D eigenvalue weighted by Gasteiger charge is -2.13. The topological polar surface area (TPSA) is 12.0 Å². The lowest BCUT2D eigenvalue weighted by Crippen LogP contribution is -2.11. The summed E-state index contributed by atoms with van der Waals surface area (Å²) in [7, 11) is 0. The third kappa shape index (κ3) is 6.41. The van der Waals surface area contributed by atoms with E-state index in [4.69, 9.17) is 0 Å². The van der Waals surface area contributed by atoms with Crippen LogP contribution in [0.5, 0.6) is 0 Å². The van der Waals surface area contributed by atoms with E-state index in [2.05, 4.69) is 18.6 Å². The molecule has 0 bridgehead atoms. The highest BCUT2D eigenvalue weighted by atomic mass is 32.2. The number of nitrogens with one attached hydrogen (secondary N) is 1. The second-order valence-electron chi connectivity index (χ2n) is 4.65. The molecule has 18 heavy (non-hydrogen) atoms. The Morgan fingerprint density at radius 1 is 1.11 bits per heavy atom. The third-order valence-electron chi connectivity index (χ3n) is 2.98. The van der Waals surface area contributed by atoms with E-state index in [1.165, 1.54) is 44.2 Å². The first-order valence-electron chi connectivity index (χ1n) is 6.86. The molecule has 1 N–H and O–H groups in total. The summed E-state index contributed by atoms with van der Waals surface area (Å²) in [5.74, 6) is 0.976. The zero-order chi connectivity index (χ0) is 13.2. The van der Waals surface area contributed by atoms with Crippen molar-refractivity contribution in [2.24, 2.45) is 0 Å². The standard InChI is InChI=1S/C15H24FNS/c1-3-4-5-6-7-12-18-17-13(2)14-8-10-15(16)11-9-14/h8-11,13,17H,3-7,12H2,1-2H3. The van der Waals surface area contributed by atoms with Crippen LogP contribution in [0.4, 0.5) is 4.39 Å². The Balaban J connectivity index is 2.10. The second-order valence-corrected chi connectivity index (χ2v) is 5.59. The summed E-state index contributed by atoms with van der Waals surface area (Å²) in [6.07, 6.45) is 6.60. The third-order valence-corrected chi connectivity index (χ3v) is 3.99. The number of hydrogen-bond donors (Lipinski definition) is 1. The van der Waals surface area contributed by atoms with Gasteiger partial charge in [-0.3, -0.25) is 4.72 Å². The van der Waals surface area contributed by atoms with Crippen molar-refractivity contribution in [2.75, 3.05) is 5.75 Å². The van der Waals surface area contributed by atoms with Crippen LogP contribution in [-0.2, 0) is 0 Å². The van der Waals surface area contributed by atoms with Gasteiger partial charge in [0, 0.05) is 11.8 Å². The average molecular weight is 269 g/mol. The van der Waals surface area contributed by atoms with Crippen LogP contribution in [0.2, 0.25) is 0 Å². The predicted molar refractivity (Wildman–Crippen MR) is 79.2 cm³/mol. The van der Waals surface area contributed by atoms with Crippen molar-refractivity contribution >= 4 is 11.9 Å². The maximum absolute atomic E-state index is 12.8. The smallest absolute Gasteiger partial charge is 0.123 e. The molecule has 0 spiro atoms. The van der Waals surface area contributed by atoms with E-state index in [9.17, 15) is 4.39 Å². The Labute approximate surface area is 115 Å². The Hall–Kier alpha value is -0.540. The van der Waals surface area contributed by atoms with Gasteiger partial charge in [-0.15, -0.1) is 0 Å². The highest BCUT2D eigenvalue weighted by Crippen LogP contribution is 2.16. The minimum absolute atomic E-state index is 0.172. The fourth-order valence-electron chi connectivity index (χ4n) is 1.78. The molecule has 0 radical (unpaired) electrons. The lowest BCUT2D eigenvalue weighted by atomic mass is 10.1. The predicted octanol–water partition coefficient (Wildman–Crippen LogP) is 5.09. The molecule has 1 rings (SSSR count). The maximum atomic E-state index is 12.8. The van der Waals surface area contributed by atoms with E-state index in [1.807, 2.05) is 12.1 Å². The zero-order valence-electron chi connectivity index (χ0n) is 11.4. The van der Waals surface area contributed by atoms with Crippen molar-refractivity contribution in [2.45, 2.75) is 52.0 Å². The van der Waals surface area contributed by atoms with Gasteiger partial charge in [-0.05, 0) is 31.0 Å². The molecule has 0 aliphatic heterocycles. The van der Waals surface area contributed by atoms with Crippen molar-refractivity contribution in [1.82, 2.24) is 4.72 Å². The van der Waals surface area contributed by atoms with Gasteiger partial charge < -0.3 is 0 Å². The SMILES string of the molecule is CCCCCCCSNC(C)c1ccc(F)cc1. The molecule has 0 saturated carbocycles. The van der Waals surface area contributed by atoms with Gasteiger partial charge in [-0.1, -0.05) is 56.7 Å². The minimum Gasteiger partial charge on any atom is -0.257 e. The highest BCUT2D eigenvalue weighted by molar-refractivity contribution is 7.97. The van der Waals surface area contributed by atoms with Crippen molar-refractivity contribution in [3.63, 3.8) is 0 Å². The van der Waals surface area contributed by atoms with Gasteiger partial charge in [0.25, 0.3) is 0 Å². The molecule has 1 atom stereocenters. The van der Waals surface area contributed by atoms with Gasteiger partial charge in [0.15, 0.2) is 0 Å². The molecule has 1 unspecified atom stereocenters. The normalized spacial score (nSPS) is 12.6. The molecule has 1 aromatic rings. The van der Waals surface area contributed by atoms with E-state index in [0.29, 0.717) is 0 Å². The summed E-state index contributed by atoms with van der Waals surface area (Å²) >= 11 is 1.77. The molecule has 102 valence electrons. The summed E-state index contributed by atoms with van der Waals surface area (Å²) in [6, 6.07) is 6.99. The van der Waals surface area contributed by atoms with Crippen molar-refractivity contribution in [3.05, 3.63) is 35.6 Å². The lowest BCUT2D eigenvalue weighted by molar-refractivity contribution is 0.625. The first-order valence-corrected chi connectivity index (χ1v) is 7.85. The number of hydrogen-bond acceptors (Lipinski definition) is 2. The number of benzene rings is 1.